The lowest BCUT2D eigenvalue weighted by molar-refractivity contribution is 0.415. The van der Waals surface area contributed by atoms with Crippen LogP contribution in [-0.2, 0) is 10.8 Å². The molecule has 0 aliphatic rings. The third-order valence-corrected chi connectivity index (χ3v) is 5.27. The van der Waals surface area contributed by atoms with Crippen molar-refractivity contribution in [3.8, 4) is 5.75 Å². The van der Waals surface area contributed by atoms with Crippen molar-refractivity contribution in [2.75, 3.05) is 7.11 Å². The zero-order valence-corrected chi connectivity index (χ0v) is 14.4. The molecule has 2 rings (SSSR count). The minimum Gasteiger partial charge on any atom is -0.497 e. The first-order valence-electron chi connectivity index (χ1n) is 7.19. The second-order valence-electron chi connectivity index (χ2n) is 6.08. The molecule has 2 aromatic rings. The Kier molecular flexibility index (Phi) is 4.87. The van der Waals surface area contributed by atoms with E-state index in [1.807, 2.05) is 69.3 Å². The molecule has 0 bridgehead atoms. The summed E-state index contributed by atoms with van der Waals surface area (Å²) in [6.07, 6.45) is 0. The summed E-state index contributed by atoms with van der Waals surface area (Å²) in [5.41, 5.74) is 2.80. The first-order valence-corrected chi connectivity index (χ1v) is 8.34. The van der Waals surface area contributed by atoms with Gasteiger partial charge in [-0.05, 0) is 55.7 Å². The van der Waals surface area contributed by atoms with Crippen LogP contribution in [-0.4, -0.2) is 16.1 Å². The first-order chi connectivity index (χ1) is 10.3. The number of hydrogen-bond donors (Lipinski definition) is 0. The van der Waals surface area contributed by atoms with Gasteiger partial charge in [-0.3, -0.25) is 4.21 Å². The van der Waals surface area contributed by atoms with E-state index in [0.29, 0.717) is 0 Å². The maximum absolute atomic E-state index is 12.8. The molecule has 2 aromatic carbocycles. The first kappa shape index (κ1) is 16.5. The van der Waals surface area contributed by atoms with Gasteiger partial charge in [0.2, 0.25) is 0 Å². The van der Waals surface area contributed by atoms with E-state index >= 15 is 0 Å². The highest BCUT2D eigenvalue weighted by Gasteiger charge is 2.24. The van der Waals surface area contributed by atoms with Crippen molar-refractivity contribution in [1.82, 2.24) is 0 Å². The van der Waals surface area contributed by atoms with E-state index in [0.717, 1.165) is 27.3 Å². The smallest absolute Gasteiger partial charge is 0.118 e. The van der Waals surface area contributed by atoms with Gasteiger partial charge in [-0.15, -0.1) is 0 Å². The highest BCUT2D eigenvalue weighted by atomic mass is 32.2. The summed E-state index contributed by atoms with van der Waals surface area (Å²) in [7, 11) is 0.546. The van der Waals surface area contributed by atoms with Crippen LogP contribution in [0.3, 0.4) is 0 Å². The van der Waals surface area contributed by atoms with Crippen molar-refractivity contribution in [3.05, 3.63) is 66.2 Å². The van der Waals surface area contributed by atoms with E-state index in [2.05, 4.69) is 6.58 Å². The van der Waals surface area contributed by atoms with Crippen LogP contribution < -0.4 is 4.74 Å². The SMILES string of the molecule is C=C(c1ccc(OC)cc1)c1ccccc1S(=O)C(C)(C)C. The molecule has 0 saturated heterocycles. The summed E-state index contributed by atoms with van der Waals surface area (Å²) in [5.74, 6) is 0.808. The molecule has 0 spiro atoms. The van der Waals surface area contributed by atoms with Crippen LogP contribution in [0.4, 0.5) is 0 Å². The molecule has 0 aliphatic carbocycles. The summed E-state index contributed by atoms with van der Waals surface area (Å²) in [6.45, 7) is 10.1. The minimum absolute atomic E-state index is 0.309. The molecule has 2 nitrogen and oxygen atoms in total. The van der Waals surface area contributed by atoms with E-state index in [-0.39, 0.29) is 4.75 Å². The maximum Gasteiger partial charge on any atom is 0.118 e. The molecule has 0 aliphatic heterocycles. The van der Waals surface area contributed by atoms with Crippen molar-refractivity contribution in [3.63, 3.8) is 0 Å². The average molecular weight is 314 g/mol. The van der Waals surface area contributed by atoms with Gasteiger partial charge >= 0.3 is 0 Å². The number of hydrogen-bond acceptors (Lipinski definition) is 2. The van der Waals surface area contributed by atoms with Crippen LogP contribution >= 0.6 is 0 Å². The summed E-state index contributed by atoms with van der Waals surface area (Å²) >= 11 is 0. The molecule has 1 unspecified atom stereocenters. The second-order valence-corrected chi connectivity index (χ2v) is 8.29. The van der Waals surface area contributed by atoms with Gasteiger partial charge in [-0.2, -0.15) is 0 Å². The Labute approximate surface area is 135 Å². The lowest BCUT2D eigenvalue weighted by atomic mass is 9.99. The molecular formula is C19H22O2S. The fourth-order valence-electron chi connectivity index (χ4n) is 2.16. The molecule has 22 heavy (non-hydrogen) atoms. The van der Waals surface area contributed by atoms with Crippen molar-refractivity contribution in [1.29, 1.82) is 0 Å². The van der Waals surface area contributed by atoms with E-state index in [1.54, 1.807) is 7.11 Å². The van der Waals surface area contributed by atoms with Gasteiger partial charge in [0.1, 0.15) is 5.75 Å². The molecule has 3 heteroatoms. The third kappa shape index (κ3) is 3.47. The summed E-state index contributed by atoms with van der Waals surface area (Å²) in [5, 5.41) is 0. The molecular weight excluding hydrogens is 292 g/mol. The predicted molar refractivity (Wildman–Crippen MR) is 93.7 cm³/mol. The molecule has 1 atom stereocenters. The van der Waals surface area contributed by atoms with Crippen LogP contribution in [0.25, 0.3) is 5.57 Å². The van der Waals surface area contributed by atoms with Crippen LogP contribution in [0, 0.1) is 0 Å². The van der Waals surface area contributed by atoms with Crippen LogP contribution in [0.2, 0.25) is 0 Å². The van der Waals surface area contributed by atoms with Gasteiger partial charge in [0, 0.05) is 9.64 Å². The van der Waals surface area contributed by atoms with Crippen molar-refractivity contribution >= 4 is 16.4 Å². The predicted octanol–water partition coefficient (Wildman–Crippen LogP) is 4.66. The van der Waals surface area contributed by atoms with Gasteiger partial charge in [0.05, 0.1) is 17.9 Å². The standard InChI is InChI=1S/C19H22O2S/c1-14(15-10-12-16(21-5)13-11-15)17-8-6-7-9-18(17)22(20)19(2,3)4/h6-13H,1H2,2-5H3. The Hall–Kier alpha value is -1.87. The lowest BCUT2D eigenvalue weighted by Gasteiger charge is -2.21. The third-order valence-electron chi connectivity index (χ3n) is 3.41. The van der Waals surface area contributed by atoms with Gasteiger partial charge in [0.25, 0.3) is 0 Å². The number of rotatable bonds is 4. The highest BCUT2D eigenvalue weighted by molar-refractivity contribution is 7.86. The molecule has 0 heterocycles. The monoisotopic (exact) mass is 314 g/mol. The molecule has 0 aromatic heterocycles. The Morgan fingerprint density at radius 1 is 1.05 bits per heavy atom. The van der Waals surface area contributed by atoms with Gasteiger partial charge in [-0.25, -0.2) is 0 Å². The Morgan fingerprint density at radius 3 is 2.18 bits per heavy atom. The Bertz CT molecular complexity index is 694. The lowest BCUT2D eigenvalue weighted by Crippen LogP contribution is -2.22. The van der Waals surface area contributed by atoms with Gasteiger partial charge in [-0.1, -0.05) is 36.9 Å². The molecule has 116 valence electrons. The number of methoxy groups -OCH3 is 1. The zero-order chi connectivity index (χ0) is 16.3. The fraction of sp³-hybridized carbons (Fsp3) is 0.263. The maximum atomic E-state index is 12.8. The molecule has 0 N–H and O–H groups in total. The zero-order valence-electron chi connectivity index (χ0n) is 13.6. The Morgan fingerprint density at radius 2 is 1.64 bits per heavy atom. The van der Waals surface area contributed by atoms with E-state index in [1.165, 1.54) is 0 Å². The van der Waals surface area contributed by atoms with Gasteiger partial charge in [0.15, 0.2) is 0 Å². The van der Waals surface area contributed by atoms with Crippen LogP contribution in [0.15, 0.2) is 60.0 Å². The largest absolute Gasteiger partial charge is 0.497 e. The normalized spacial score (nSPS) is 12.7. The quantitative estimate of drug-likeness (QED) is 0.820. The summed E-state index contributed by atoms with van der Waals surface area (Å²) < 4.78 is 17.6. The summed E-state index contributed by atoms with van der Waals surface area (Å²) in [4.78, 5) is 0.829. The average Bonchev–Trinajstić information content (AvgIpc) is 2.52. The van der Waals surface area contributed by atoms with Crippen LogP contribution in [0.5, 0.6) is 5.75 Å². The van der Waals surface area contributed by atoms with E-state index < -0.39 is 10.8 Å². The van der Waals surface area contributed by atoms with Crippen molar-refractivity contribution in [2.45, 2.75) is 30.4 Å². The fourth-order valence-corrected chi connectivity index (χ4v) is 3.41. The number of ether oxygens (including phenoxy) is 1. The molecule has 0 saturated carbocycles. The molecule has 0 amide bonds. The number of benzene rings is 2. The van der Waals surface area contributed by atoms with Gasteiger partial charge < -0.3 is 4.74 Å². The minimum atomic E-state index is -1.10. The Balaban J connectivity index is 2.44. The van der Waals surface area contributed by atoms with E-state index in [9.17, 15) is 4.21 Å². The molecule has 0 fully saturated rings. The topological polar surface area (TPSA) is 26.3 Å². The highest BCUT2D eigenvalue weighted by Crippen LogP contribution is 2.31. The molecule has 0 radical (unpaired) electrons. The van der Waals surface area contributed by atoms with E-state index in [4.69, 9.17) is 4.74 Å². The van der Waals surface area contributed by atoms with Crippen molar-refractivity contribution < 1.29 is 8.95 Å². The van der Waals surface area contributed by atoms with Crippen LogP contribution in [0.1, 0.15) is 31.9 Å². The summed E-state index contributed by atoms with van der Waals surface area (Å²) in [6, 6.07) is 15.5. The second kappa shape index (κ2) is 6.49. The van der Waals surface area contributed by atoms with Crippen molar-refractivity contribution in [2.24, 2.45) is 0 Å².